The molecule has 0 saturated carbocycles. The van der Waals surface area contributed by atoms with E-state index in [2.05, 4.69) is 17.6 Å². The van der Waals surface area contributed by atoms with Crippen LogP contribution in [0.15, 0.2) is 78.9 Å². The number of hydrogen-bond acceptors (Lipinski definition) is 3. The van der Waals surface area contributed by atoms with Crippen LogP contribution in [-0.4, -0.2) is 53.8 Å². The number of carbonyl (C=O) groups is 3. The van der Waals surface area contributed by atoms with Crippen molar-refractivity contribution in [3.05, 3.63) is 95.6 Å². The van der Waals surface area contributed by atoms with Gasteiger partial charge in [-0.2, -0.15) is 0 Å². The summed E-state index contributed by atoms with van der Waals surface area (Å²) in [6.07, 6.45) is 0.938. The largest absolute Gasteiger partial charge is 0.335 e. The summed E-state index contributed by atoms with van der Waals surface area (Å²) in [7, 11) is 0. The van der Waals surface area contributed by atoms with E-state index >= 15 is 0 Å². The van der Waals surface area contributed by atoms with E-state index in [0.717, 1.165) is 6.42 Å². The van der Waals surface area contributed by atoms with Crippen LogP contribution in [0.1, 0.15) is 33.2 Å². The number of urea groups is 1. The summed E-state index contributed by atoms with van der Waals surface area (Å²) in [5.41, 5.74) is 3.71. The maximum atomic E-state index is 12.9. The average Bonchev–Trinajstić information content (AvgIpc) is 2.89. The molecule has 1 fully saturated rings. The number of anilines is 2. The van der Waals surface area contributed by atoms with E-state index in [1.807, 2.05) is 42.5 Å². The van der Waals surface area contributed by atoms with Gasteiger partial charge in [0, 0.05) is 48.7 Å². The number of carbonyl (C=O) groups excluding carboxylic acids is 3. The average molecular weight is 457 g/mol. The van der Waals surface area contributed by atoms with Gasteiger partial charge in [-0.15, -0.1) is 0 Å². The lowest BCUT2D eigenvalue weighted by Gasteiger charge is -2.35. The van der Waals surface area contributed by atoms with Gasteiger partial charge in [-0.05, 0) is 60.5 Å². The van der Waals surface area contributed by atoms with Gasteiger partial charge in [0.05, 0.1) is 0 Å². The zero-order valence-corrected chi connectivity index (χ0v) is 19.2. The molecule has 1 saturated heterocycles. The maximum Gasteiger partial charge on any atom is 0.323 e. The van der Waals surface area contributed by atoms with E-state index in [0.29, 0.717) is 48.7 Å². The van der Waals surface area contributed by atoms with Gasteiger partial charge in [-0.3, -0.25) is 9.59 Å². The zero-order valence-electron chi connectivity index (χ0n) is 19.2. The van der Waals surface area contributed by atoms with Crippen LogP contribution in [0.4, 0.5) is 16.2 Å². The fourth-order valence-corrected chi connectivity index (χ4v) is 3.87. The Balaban J connectivity index is 1.28. The summed E-state index contributed by atoms with van der Waals surface area (Å²) in [6.45, 7) is 4.05. The molecule has 0 aromatic heterocycles. The van der Waals surface area contributed by atoms with Gasteiger partial charge in [0.1, 0.15) is 0 Å². The Bertz CT molecular complexity index is 1140. The van der Waals surface area contributed by atoms with Crippen LogP contribution in [0.2, 0.25) is 0 Å². The van der Waals surface area contributed by atoms with E-state index in [-0.39, 0.29) is 17.8 Å². The monoisotopic (exact) mass is 456 g/mol. The first kappa shape index (κ1) is 23.0. The molecular formula is C27H28N4O3. The number of hydrogen-bond donors (Lipinski definition) is 2. The maximum absolute atomic E-state index is 12.9. The summed E-state index contributed by atoms with van der Waals surface area (Å²) in [5, 5.41) is 5.51. The second kappa shape index (κ2) is 10.7. The van der Waals surface area contributed by atoms with Crippen LogP contribution in [0, 0.1) is 0 Å². The first-order valence-electron chi connectivity index (χ1n) is 11.4. The molecule has 1 aliphatic rings. The van der Waals surface area contributed by atoms with E-state index < -0.39 is 0 Å². The summed E-state index contributed by atoms with van der Waals surface area (Å²) in [5.74, 6) is -0.0846. The number of piperazine rings is 1. The Labute approximate surface area is 199 Å². The summed E-state index contributed by atoms with van der Waals surface area (Å²) >= 11 is 0. The van der Waals surface area contributed by atoms with Gasteiger partial charge in [-0.1, -0.05) is 37.3 Å². The lowest BCUT2D eigenvalue weighted by Crippen LogP contribution is -2.50. The van der Waals surface area contributed by atoms with Crippen LogP contribution in [0.3, 0.4) is 0 Å². The summed E-state index contributed by atoms with van der Waals surface area (Å²) in [6, 6.07) is 23.3. The van der Waals surface area contributed by atoms with Gasteiger partial charge in [0.25, 0.3) is 11.8 Å². The molecule has 0 radical (unpaired) electrons. The fraction of sp³-hybridized carbons (Fsp3) is 0.222. The SMILES string of the molecule is CCc1ccc(C(=O)N2CCN(C(=O)c3ccc(NC(=O)Nc4ccccc4)cc3)CC2)cc1. The third-order valence-corrected chi connectivity index (χ3v) is 5.88. The van der Waals surface area contributed by atoms with Crippen molar-refractivity contribution < 1.29 is 14.4 Å². The van der Waals surface area contributed by atoms with E-state index in [9.17, 15) is 14.4 Å². The molecule has 7 heteroatoms. The van der Waals surface area contributed by atoms with E-state index in [4.69, 9.17) is 0 Å². The minimum Gasteiger partial charge on any atom is -0.335 e. The Morgan fingerprint density at radius 2 is 1.09 bits per heavy atom. The molecule has 0 atom stereocenters. The predicted molar refractivity (Wildman–Crippen MR) is 133 cm³/mol. The van der Waals surface area contributed by atoms with Crippen LogP contribution >= 0.6 is 0 Å². The molecule has 1 heterocycles. The Hall–Kier alpha value is -4.13. The smallest absolute Gasteiger partial charge is 0.323 e. The van der Waals surface area contributed by atoms with Crippen LogP contribution in [0.5, 0.6) is 0 Å². The van der Waals surface area contributed by atoms with Crippen molar-refractivity contribution >= 4 is 29.2 Å². The highest BCUT2D eigenvalue weighted by Crippen LogP contribution is 2.16. The van der Waals surface area contributed by atoms with Crippen molar-refractivity contribution in [2.45, 2.75) is 13.3 Å². The predicted octanol–water partition coefficient (Wildman–Crippen LogP) is 4.49. The Kier molecular flexibility index (Phi) is 7.22. The van der Waals surface area contributed by atoms with E-state index in [1.165, 1.54) is 5.56 Å². The molecule has 2 N–H and O–H groups in total. The van der Waals surface area contributed by atoms with Gasteiger partial charge >= 0.3 is 6.03 Å². The second-order valence-corrected chi connectivity index (χ2v) is 8.16. The molecule has 0 bridgehead atoms. The standard InChI is InChI=1S/C27H28N4O3/c1-2-20-8-10-21(11-9-20)25(32)30-16-18-31(19-17-30)26(33)22-12-14-24(15-13-22)29-27(34)28-23-6-4-3-5-7-23/h3-15H,2,16-19H2,1H3,(H2,28,29,34). The molecule has 4 rings (SSSR count). The third kappa shape index (κ3) is 5.61. The van der Waals surface area contributed by atoms with Gasteiger partial charge in [-0.25, -0.2) is 4.79 Å². The molecule has 0 unspecified atom stereocenters. The minimum absolute atomic E-state index is 0.000964. The first-order valence-corrected chi connectivity index (χ1v) is 11.4. The number of nitrogens with zero attached hydrogens (tertiary/aromatic N) is 2. The summed E-state index contributed by atoms with van der Waals surface area (Å²) in [4.78, 5) is 41.4. The first-order chi connectivity index (χ1) is 16.5. The number of benzene rings is 3. The van der Waals surface area contributed by atoms with Crippen molar-refractivity contribution in [1.29, 1.82) is 0 Å². The lowest BCUT2D eigenvalue weighted by atomic mass is 10.1. The van der Waals surface area contributed by atoms with Crippen molar-refractivity contribution in [2.75, 3.05) is 36.8 Å². The van der Waals surface area contributed by atoms with Gasteiger partial charge in [0.15, 0.2) is 0 Å². The topological polar surface area (TPSA) is 81.8 Å². The number of amides is 4. The molecule has 1 aliphatic heterocycles. The highest BCUT2D eigenvalue weighted by atomic mass is 16.2. The quantitative estimate of drug-likeness (QED) is 0.594. The lowest BCUT2D eigenvalue weighted by molar-refractivity contribution is 0.0535. The molecule has 7 nitrogen and oxygen atoms in total. The molecular weight excluding hydrogens is 428 g/mol. The number of nitrogens with one attached hydrogen (secondary N) is 2. The van der Waals surface area contributed by atoms with Crippen molar-refractivity contribution in [3.8, 4) is 0 Å². The normalized spacial score (nSPS) is 13.3. The van der Waals surface area contributed by atoms with Crippen LogP contribution < -0.4 is 10.6 Å². The zero-order chi connectivity index (χ0) is 23.9. The molecule has 0 spiro atoms. The summed E-state index contributed by atoms with van der Waals surface area (Å²) < 4.78 is 0. The van der Waals surface area contributed by atoms with Crippen LogP contribution in [-0.2, 0) is 6.42 Å². The molecule has 4 amide bonds. The highest BCUT2D eigenvalue weighted by Gasteiger charge is 2.25. The van der Waals surface area contributed by atoms with E-state index in [1.54, 1.807) is 46.2 Å². The molecule has 3 aromatic carbocycles. The molecule has 0 aliphatic carbocycles. The third-order valence-electron chi connectivity index (χ3n) is 5.88. The minimum atomic E-state index is -0.351. The Morgan fingerprint density at radius 1 is 0.647 bits per heavy atom. The van der Waals surface area contributed by atoms with Crippen LogP contribution in [0.25, 0.3) is 0 Å². The molecule has 174 valence electrons. The molecule has 3 aromatic rings. The van der Waals surface area contributed by atoms with Gasteiger partial charge in [0.2, 0.25) is 0 Å². The number of rotatable bonds is 5. The van der Waals surface area contributed by atoms with Gasteiger partial charge < -0.3 is 20.4 Å². The molecule has 34 heavy (non-hydrogen) atoms. The van der Waals surface area contributed by atoms with Crippen molar-refractivity contribution in [2.24, 2.45) is 0 Å². The Morgan fingerprint density at radius 3 is 1.56 bits per heavy atom. The second-order valence-electron chi connectivity index (χ2n) is 8.16. The van der Waals surface area contributed by atoms with Crippen molar-refractivity contribution in [1.82, 2.24) is 9.80 Å². The number of aryl methyl sites for hydroxylation is 1. The van der Waals surface area contributed by atoms with Crippen molar-refractivity contribution in [3.63, 3.8) is 0 Å². The highest BCUT2D eigenvalue weighted by molar-refractivity contribution is 6.00. The number of para-hydroxylation sites is 1. The fourth-order valence-electron chi connectivity index (χ4n) is 3.87.